The van der Waals surface area contributed by atoms with Gasteiger partial charge >= 0.3 is 0 Å². The second-order valence-corrected chi connectivity index (χ2v) is 7.22. The van der Waals surface area contributed by atoms with Gasteiger partial charge < -0.3 is 0 Å². The largest absolute Gasteiger partial charge is 0.0836 e. The van der Waals surface area contributed by atoms with E-state index in [0.717, 1.165) is 17.8 Å². The molecule has 2 saturated carbocycles. The van der Waals surface area contributed by atoms with E-state index in [4.69, 9.17) is 0 Å². The fraction of sp³-hybridized carbons (Fsp3) is 0.647. The van der Waals surface area contributed by atoms with Gasteiger partial charge in [-0.25, -0.2) is 0 Å². The monoisotopic (exact) mass is 306 g/mol. The molecule has 98 valence electrons. The minimum absolute atomic E-state index is 0.587. The molecule has 0 spiro atoms. The third kappa shape index (κ3) is 2.39. The second kappa shape index (κ2) is 5.36. The third-order valence-electron chi connectivity index (χ3n) is 5.01. The fourth-order valence-corrected chi connectivity index (χ4v) is 5.01. The molecule has 2 fully saturated rings. The summed E-state index contributed by atoms with van der Waals surface area (Å²) in [5.74, 6) is 2.93. The summed E-state index contributed by atoms with van der Waals surface area (Å²) in [6, 6.07) is 9.33. The lowest BCUT2D eigenvalue weighted by Crippen LogP contribution is -2.15. The molecule has 4 atom stereocenters. The van der Waals surface area contributed by atoms with Crippen LogP contribution in [0.25, 0.3) is 0 Å². The van der Waals surface area contributed by atoms with Crippen molar-refractivity contribution in [1.29, 1.82) is 0 Å². The molecule has 0 saturated heterocycles. The van der Waals surface area contributed by atoms with E-state index in [0.29, 0.717) is 4.83 Å². The summed E-state index contributed by atoms with van der Waals surface area (Å²) in [5.41, 5.74) is 2.97. The zero-order chi connectivity index (χ0) is 12.5. The number of benzene rings is 1. The first-order valence-corrected chi connectivity index (χ1v) is 8.42. The summed E-state index contributed by atoms with van der Waals surface area (Å²) >= 11 is 3.98. The standard InChI is InChI=1S/C17H23Br/c1-2-3-12-4-7-14(8-5-12)17(18)16-11-13-6-9-15(16)10-13/h4-5,7-8,13,15-17H,2-3,6,9-11H2,1H3. The van der Waals surface area contributed by atoms with Crippen LogP contribution in [0.5, 0.6) is 0 Å². The van der Waals surface area contributed by atoms with E-state index in [2.05, 4.69) is 47.1 Å². The van der Waals surface area contributed by atoms with Crippen LogP contribution in [0.15, 0.2) is 24.3 Å². The number of halogens is 1. The Bertz CT molecular complexity index is 395. The average Bonchev–Trinajstić information content (AvgIpc) is 3.01. The molecule has 0 aliphatic heterocycles. The smallest absolute Gasteiger partial charge is 0.0426 e. The van der Waals surface area contributed by atoms with Crippen molar-refractivity contribution < 1.29 is 0 Å². The molecule has 18 heavy (non-hydrogen) atoms. The van der Waals surface area contributed by atoms with Gasteiger partial charge in [-0.1, -0.05) is 60.0 Å². The van der Waals surface area contributed by atoms with Gasteiger partial charge in [0.05, 0.1) is 0 Å². The quantitative estimate of drug-likeness (QED) is 0.643. The van der Waals surface area contributed by atoms with Crippen LogP contribution < -0.4 is 0 Å². The maximum atomic E-state index is 3.98. The number of hydrogen-bond donors (Lipinski definition) is 0. The predicted octanol–water partition coefficient (Wildman–Crippen LogP) is 5.51. The topological polar surface area (TPSA) is 0 Å². The van der Waals surface area contributed by atoms with Crippen LogP contribution >= 0.6 is 15.9 Å². The highest BCUT2D eigenvalue weighted by Crippen LogP contribution is 2.54. The number of rotatable bonds is 4. The summed E-state index contributed by atoms with van der Waals surface area (Å²) < 4.78 is 0. The number of alkyl halides is 1. The Labute approximate surface area is 119 Å². The highest BCUT2D eigenvalue weighted by atomic mass is 79.9. The predicted molar refractivity (Wildman–Crippen MR) is 81.0 cm³/mol. The van der Waals surface area contributed by atoms with E-state index in [-0.39, 0.29) is 0 Å². The number of fused-ring (bicyclic) bond motifs is 2. The molecular formula is C17H23Br. The molecule has 1 aromatic carbocycles. The van der Waals surface area contributed by atoms with Crippen LogP contribution in [-0.2, 0) is 6.42 Å². The number of aryl methyl sites for hydroxylation is 1. The van der Waals surface area contributed by atoms with Gasteiger partial charge in [-0.3, -0.25) is 0 Å². The minimum atomic E-state index is 0.587. The van der Waals surface area contributed by atoms with E-state index in [1.54, 1.807) is 0 Å². The molecule has 0 nitrogen and oxygen atoms in total. The van der Waals surface area contributed by atoms with Crippen molar-refractivity contribution in [1.82, 2.24) is 0 Å². The van der Waals surface area contributed by atoms with Gasteiger partial charge in [-0.05, 0) is 54.6 Å². The third-order valence-corrected chi connectivity index (χ3v) is 6.21. The number of hydrogen-bond acceptors (Lipinski definition) is 0. The summed E-state index contributed by atoms with van der Waals surface area (Å²) in [5, 5.41) is 0. The maximum Gasteiger partial charge on any atom is 0.0426 e. The zero-order valence-electron chi connectivity index (χ0n) is 11.2. The molecule has 0 N–H and O–H groups in total. The average molecular weight is 307 g/mol. The lowest BCUT2D eigenvalue weighted by molar-refractivity contribution is 0.329. The fourth-order valence-electron chi connectivity index (χ4n) is 4.06. The van der Waals surface area contributed by atoms with Gasteiger partial charge in [0.25, 0.3) is 0 Å². The molecule has 0 heterocycles. The molecular weight excluding hydrogens is 284 g/mol. The molecule has 2 bridgehead atoms. The van der Waals surface area contributed by atoms with Crippen molar-refractivity contribution in [2.45, 2.75) is 50.3 Å². The Morgan fingerprint density at radius 3 is 2.50 bits per heavy atom. The molecule has 3 rings (SSSR count). The Morgan fingerprint density at radius 2 is 1.94 bits per heavy atom. The first-order chi connectivity index (χ1) is 8.78. The SMILES string of the molecule is CCCc1ccc(C(Br)C2CC3CCC2C3)cc1. The van der Waals surface area contributed by atoms with E-state index in [1.165, 1.54) is 49.7 Å². The highest BCUT2D eigenvalue weighted by Gasteiger charge is 2.42. The summed E-state index contributed by atoms with van der Waals surface area (Å²) in [6.07, 6.45) is 8.38. The van der Waals surface area contributed by atoms with Gasteiger partial charge in [-0.15, -0.1) is 0 Å². The van der Waals surface area contributed by atoms with Crippen LogP contribution in [0.1, 0.15) is 55.0 Å². The van der Waals surface area contributed by atoms with Gasteiger partial charge in [-0.2, -0.15) is 0 Å². The van der Waals surface area contributed by atoms with Gasteiger partial charge in [0.2, 0.25) is 0 Å². The van der Waals surface area contributed by atoms with Crippen LogP contribution in [0.3, 0.4) is 0 Å². The summed E-state index contributed by atoms with van der Waals surface area (Å²) in [7, 11) is 0. The highest BCUT2D eigenvalue weighted by molar-refractivity contribution is 9.09. The van der Waals surface area contributed by atoms with E-state index in [1.807, 2.05) is 0 Å². The van der Waals surface area contributed by atoms with Gasteiger partial charge in [0.15, 0.2) is 0 Å². The lowest BCUT2D eigenvalue weighted by Gasteiger charge is -2.27. The lowest BCUT2D eigenvalue weighted by atomic mass is 9.84. The zero-order valence-corrected chi connectivity index (χ0v) is 12.8. The summed E-state index contributed by atoms with van der Waals surface area (Å²) in [4.78, 5) is 0.587. The Hall–Kier alpha value is -0.300. The van der Waals surface area contributed by atoms with E-state index in [9.17, 15) is 0 Å². The van der Waals surface area contributed by atoms with Crippen molar-refractivity contribution in [3.8, 4) is 0 Å². The van der Waals surface area contributed by atoms with Crippen LogP contribution in [0.4, 0.5) is 0 Å². The second-order valence-electron chi connectivity index (χ2n) is 6.23. The molecule has 1 aromatic rings. The molecule has 4 unspecified atom stereocenters. The van der Waals surface area contributed by atoms with Gasteiger partial charge in [0.1, 0.15) is 0 Å². The molecule has 0 aromatic heterocycles. The van der Waals surface area contributed by atoms with Crippen molar-refractivity contribution in [3.63, 3.8) is 0 Å². The van der Waals surface area contributed by atoms with E-state index < -0.39 is 0 Å². The first-order valence-electron chi connectivity index (χ1n) is 7.51. The van der Waals surface area contributed by atoms with Crippen molar-refractivity contribution in [2.24, 2.45) is 17.8 Å². The van der Waals surface area contributed by atoms with E-state index >= 15 is 0 Å². The molecule has 2 aliphatic carbocycles. The van der Waals surface area contributed by atoms with Crippen molar-refractivity contribution >= 4 is 15.9 Å². The summed E-state index contributed by atoms with van der Waals surface area (Å²) in [6.45, 7) is 2.25. The van der Waals surface area contributed by atoms with Crippen LogP contribution in [-0.4, -0.2) is 0 Å². The maximum absolute atomic E-state index is 3.98. The Morgan fingerprint density at radius 1 is 1.17 bits per heavy atom. The Balaban J connectivity index is 1.70. The first kappa shape index (κ1) is 12.7. The molecule has 0 amide bonds. The molecule has 1 heteroatoms. The normalized spacial score (nSPS) is 31.8. The Kier molecular flexibility index (Phi) is 3.79. The molecule has 0 radical (unpaired) electrons. The molecule has 2 aliphatic rings. The van der Waals surface area contributed by atoms with Crippen molar-refractivity contribution in [2.75, 3.05) is 0 Å². The van der Waals surface area contributed by atoms with Crippen LogP contribution in [0.2, 0.25) is 0 Å². The minimum Gasteiger partial charge on any atom is -0.0836 e. The van der Waals surface area contributed by atoms with Crippen molar-refractivity contribution in [3.05, 3.63) is 35.4 Å². The van der Waals surface area contributed by atoms with Gasteiger partial charge in [0, 0.05) is 4.83 Å². The van der Waals surface area contributed by atoms with Crippen LogP contribution in [0, 0.1) is 17.8 Å².